The number of imidazole rings is 1. The van der Waals surface area contributed by atoms with Crippen molar-refractivity contribution in [2.45, 2.75) is 31.8 Å². The summed E-state index contributed by atoms with van der Waals surface area (Å²) in [5.74, 6) is 0.390. The van der Waals surface area contributed by atoms with Gasteiger partial charge in [-0.3, -0.25) is 4.57 Å². The highest BCUT2D eigenvalue weighted by Gasteiger charge is 2.35. The third-order valence-corrected chi connectivity index (χ3v) is 3.38. The second-order valence-electron chi connectivity index (χ2n) is 4.76. The Hall–Kier alpha value is -1.97. The fourth-order valence-electron chi connectivity index (χ4n) is 2.41. The summed E-state index contributed by atoms with van der Waals surface area (Å²) in [6.07, 6.45) is 0.0649. The SMILES string of the molecule is CCOc1nc(N)nc2c1ncn2C1CC(O)C(CO)O1. The Labute approximate surface area is 120 Å². The Morgan fingerprint density at radius 2 is 2.33 bits per heavy atom. The number of fused-ring (bicyclic) bond motifs is 1. The molecule has 2 aromatic heterocycles. The van der Waals surface area contributed by atoms with Gasteiger partial charge >= 0.3 is 0 Å². The molecule has 4 N–H and O–H groups in total. The van der Waals surface area contributed by atoms with Crippen molar-refractivity contribution in [1.29, 1.82) is 0 Å². The van der Waals surface area contributed by atoms with E-state index in [-0.39, 0.29) is 12.6 Å². The van der Waals surface area contributed by atoms with Gasteiger partial charge in [0.15, 0.2) is 11.2 Å². The van der Waals surface area contributed by atoms with Crippen molar-refractivity contribution in [3.63, 3.8) is 0 Å². The number of nitrogens with two attached hydrogens (primary N) is 1. The van der Waals surface area contributed by atoms with Gasteiger partial charge in [-0.25, -0.2) is 4.98 Å². The molecule has 3 atom stereocenters. The second-order valence-corrected chi connectivity index (χ2v) is 4.76. The van der Waals surface area contributed by atoms with Gasteiger partial charge in [0.1, 0.15) is 12.3 Å². The van der Waals surface area contributed by atoms with Crippen LogP contribution in [0.1, 0.15) is 19.6 Å². The van der Waals surface area contributed by atoms with Gasteiger partial charge in [-0.15, -0.1) is 0 Å². The molecule has 3 unspecified atom stereocenters. The quantitative estimate of drug-likeness (QED) is 0.685. The maximum absolute atomic E-state index is 9.82. The Balaban J connectivity index is 2.01. The molecule has 0 radical (unpaired) electrons. The molecule has 1 aliphatic heterocycles. The molecule has 9 nitrogen and oxygen atoms in total. The number of nitrogens with zero attached hydrogens (tertiary/aromatic N) is 4. The zero-order chi connectivity index (χ0) is 15.0. The lowest BCUT2D eigenvalue weighted by atomic mass is 10.2. The van der Waals surface area contributed by atoms with Crippen LogP contribution in [0.4, 0.5) is 5.95 Å². The fourth-order valence-corrected chi connectivity index (χ4v) is 2.41. The molecular formula is C12H17N5O4. The molecule has 1 saturated heterocycles. The topological polar surface area (TPSA) is 129 Å². The average Bonchev–Trinajstić information content (AvgIpc) is 3.02. The Morgan fingerprint density at radius 3 is 3.00 bits per heavy atom. The number of aromatic nitrogens is 4. The molecule has 0 aliphatic carbocycles. The number of aliphatic hydroxyl groups is 2. The van der Waals surface area contributed by atoms with Crippen molar-refractivity contribution in [3.8, 4) is 5.88 Å². The maximum Gasteiger partial charge on any atom is 0.247 e. The van der Waals surface area contributed by atoms with Crippen molar-refractivity contribution in [1.82, 2.24) is 19.5 Å². The summed E-state index contributed by atoms with van der Waals surface area (Å²) in [5, 5.41) is 19.0. The predicted molar refractivity (Wildman–Crippen MR) is 72.5 cm³/mol. The summed E-state index contributed by atoms with van der Waals surface area (Å²) in [4.78, 5) is 12.4. The molecule has 1 aliphatic rings. The van der Waals surface area contributed by atoms with Crippen LogP contribution in [-0.4, -0.2) is 55.2 Å². The van der Waals surface area contributed by atoms with Gasteiger partial charge in [0.2, 0.25) is 11.8 Å². The normalized spacial score (nSPS) is 25.6. The van der Waals surface area contributed by atoms with E-state index >= 15 is 0 Å². The zero-order valence-electron chi connectivity index (χ0n) is 11.5. The molecule has 3 rings (SSSR count). The second kappa shape index (κ2) is 5.43. The number of hydrogen-bond acceptors (Lipinski definition) is 8. The zero-order valence-corrected chi connectivity index (χ0v) is 11.5. The fraction of sp³-hybridized carbons (Fsp3) is 0.583. The van der Waals surface area contributed by atoms with Crippen LogP contribution in [0.2, 0.25) is 0 Å². The van der Waals surface area contributed by atoms with Crippen LogP contribution in [0, 0.1) is 0 Å². The lowest BCUT2D eigenvalue weighted by Gasteiger charge is -2.13. The molecule has 1 fully saturated rings. The largest absolute Gasteiger partial charge is 0.476 e. The predicted octanol–water partition coefficient (Wildman–Crippen LogP) is -0.552. The third kappa shape index (κ3) is 2.39. The Kier molecular flexibility index (Phi) is 3.62. The number of nitrogen functional groups attached to an aromatic ring is 1. The molecule has 2 aromatic rings. The van der Waals surface area contributed by atoms with Crippen molar-refractivity contribution in [2.75, 3.05) is 18.9 Å². The van der Waals surface area contributed by atoms with Crippen LogP contribution in [-0.2, 0) is 4.74 Å². The van der Waals surface area contributed by atoms with Crippen molar-refractivity contribution >= 4 is 17.1 Å². The van der Waals surface area contributed by atoms with Crippen molar-refractivity contribution in [2.24, 2.45) is 0 Å². The van der Waals surface area contributed by atoms with E-state index in [0.717, 1.165) is 0 Å². The number of ether oxygens (including phenoxy) is 2. The highest BCUT2D eigenvalue weighted by atomic mass is 16.5. The third-order valence-electron chi connectivity index (χ3n) is 3.38. The molecule has 0 aromatic carbocycles. The maximum atomic E-state index is 9.82. The van der Waals surface area contributed by atoms with E-state index in [1.54, 1.807) is 10.9 Å². The summed E-state index contributed by atoms with van der Waals surface area (Å²) in [6, 6.07) is 0. The number of anilines is 1. The standard InChI is InChI=1S/C12H17N5O4/c1-2-20-11-9-10(15-12(13)16-11)17(5-14-9)8-3-6(19)7(4-18)21-8/h5-8,18-19H,2-4H2,1H3,(H2,13,15,16). The van der Waals surface area contributed by atoms with Crippen molar-refractivity contribution < 1.29 is 19.7 Å². The van der Waals surface area contributed by atoms with Gasteiger partial charge in [0.25, 0.3) is 0 Å². The first-order valence-electron chi connectivity index (χ1n) is 6.71. The van der Waals surface area contributed by atoms with E-state index < -0.39 is 18.4 Å². The summed E-state index contributed by atoms with van der Waals surface area (Å²) < 4.78 is 12.7. The number of hydrogen-bond donors (Lipinski definition) is 3. The van der Waals surface area contributed by atoms with Gasteiger partial charge in [-0.1, -0.05) is 0 Å². The highest BCUT2D eigenvalue weighted by molar-refractivity contribution is 5.77. The number of rotatable bonds is 4. The van der Waals surface area contributed by atoms with E-state index in [9.17, 15) is 5.11 Å². The van der Waals surface area contributed by atoms with E-state index in [4.69, 9.17) is 20.3 Å². The molecular weight excluding hydrogens is 278 g/mol. The van der Waals surface area contributed by atoms with Crippen LogP contribution >= 0.6 is 0 Å². The van der Waals surface area contributed by atoms with Crippen LogP contribution in [0.3, 0.4) is 0 Å². The van der Waals surface area contributed by atoms with Gasteiger partial charge in [0.05, 0.1) is 25.6 Å². The average molecular weight is 295 g/mol. The molecule has 114 valence electrons. The van der Waals surface area contributed by atoms with Crippen LogP contribution < -0.4 is 10.5 Å². The van der Waals surface area contributed by atoms with Gasteiger partial charge < -0.3 is 25.4 Å². The molecule has 0 saturated carbocycles. The van der Waals surface area contributed by atoms with Crippen LogP contribution in [0.15, 0.2) is 6.33 Å². The summed E-state index contributed by atoms with van der Waals surface area (Å²) in [5.41, 5.74) is 6.65. The van der Waals surface area contributed by atoms with Crippen molar-refractivity contribution in [3.05, 3.63) is 6.33 Å². The van der Waals surface area contributed by atoms with Crippen LogP contribution in [0.5, 0.6) is 5.88 Å². The lowest BCUT2D eigenvalue weighted by molar-refractivity contribution is -0.0432. The smallest absolute Gasteiger partial charge is 0.247 e. The monoisotopic (exact) mass is 295 g/mol. The van der Waals surface area contributed by atoms with Gasteiger partial charge in [-0.2, -0.15) is 9.97 Å². The summed E-state index contributed by atoms with van der Waals surface area (Å²) in [7, 11) is 0. The first-order chi connectivity index (χ1) is 10.1. The summed E-state index contributed by atoms with van der Waals surface area (Å²) >= 11 is 0. The minimum atomic E-state index is -0.733. The minimum Gasteiger partial charge on any atom is -0.476 e. The van der Waals surface area contributed by atoms with E-state index in [0.29, 0.717) is 30.1 Å². The molecule has 0 amide bonds. The lowest BCUT2D eigenvalue weighted by Crippen LogP contribution is -2.24. The Bertz CT molecular complexity index is 646. The first-order valence-corrected chi connectivity index (χ1v) is 6.71. The molecule has 21 heavy (non-hydrogen) atoms. The molecule has 0 bridgehead atoms. The summed E-state index contributed by atoms with van der Waals surface area (Å²) in [6.45, 7) is 2.03. The van der Waals surface area contributed by atoms with Gasteiger partial charge in [0, 0.05) is 6.42 Å². The van der Waals surface area contributed by atoms with E-state index in [1.165, 1.54) is 0 Å². The molecule has 3 heterocycles. The first kappa shape index (κ1) is 14.0. The molecule has 0 spiro atoms. The van der Waals surface area contributed by atoms with E-state index in [1.807, 2.05) is 6.92 Å². The van der Waals surface area contributed by atoms with E-state index in [2.05, 4.69) is 15.0 Å². The highest BCUT2D eigenvalue weighted by Crippen LogP contribution is 2.32. The number of aliphatic hydroxyl groups excluding tert-OH is 2. The van der Waals surface area contributed by atoms with Gasteiger partial charge in [-0.05, 0) is 6.92 Å². The van der Waals surface area contributed by atoms with Crippen LogP contribution in [0.25, 0.3) is 11.2 Å². The molecule has 9 heteroatoms. The Morgan fingerprint density at radius 1 is 1.52 bits per heavy atom. The minimum absolute atomic E-state index is 0.0740.